The summed E-state index contributed by atoms with van der Waals surface area (Å²) in [4.78, 5) is 12.3. The lowest BCUT2D eigenvalue weighted by Gasteiger charge is -2.17. The SMILES string of the molecule is CCC1OCCC1C(=O)Nc1ccc(S(N)(=O)=O)cc1Br. The van der Waals surface area contributed by atoms with Crippen molar-refractivity contribution in [3.05, 3.63) is 22.7 Å². The zero-order valence-electron chi connectivity index (χ0n) is 11.5. The number of sulfonamides is 1. The molecule has 2 atom stereocenters. The summed E-state index contributed by atoms with van der Waals surface area (Å²) in [5.41, 5.74) is 0.508. The number of carbonyl (C=O) groups is 1. The second kappa shape index (κ2) is 6.43. The summed E-state index contributed by atoms with van der Waals surface area (Å²) in [7, 11) is -3.76. The van der Waals surface area contributed by atoms with Crippen LogP contribution in [0.5, 0.6) is 0 Å². The Balaban J connectivity index is 2.15. The summed E-state index contributed by atoms with van der Waals surface area (Å²) in [5.74, 6) is -0.303. The Morgan fingerprint density at radius 2 is 2.24 bits per heavy atom. The highest BCUT2D eigenvalue weighted by atomic mass is 79.9. The molecule has 1 aliphatic rings. The number of nitrogens with one attached hydrogen (secondary N) is 1. The Morgan fingerprint density at radius 1 is 1.52 bits per heavy atom. The minimum atomic E-state index is -3.76. The first kappa shape index (κ1) is 16.4. The first-order valence-electron chi connectivity index (χ1n) is 6.57. The van der Waals surface area contributed by atoms with Gasteiger partial charge in [0.15, 0.2) is 0 Å². The minimum Gasteiger partial charge on any atom is -0.377 e. The Morgan fingerprint density at radius 3 is 2.81 bits per heavy atom. The lowest BCUT2D eigenvalue weighted by molar-refractivity contribution is -0.121. The Bertz CT molecular complexity index is 648. The summed E-state index contributed by atoms with van der Waals surface area (Å²) in [5, 5.41) is 7.85. The van der Waals surface area contributed by atoms with Gasteiger partial charge in [0.1, 0.15) is 0 Å². The van der Waals surface area contributed by atoms with Gasteiger partial charge in [-0.3, -0.25) is 4.79 Å². The third-order valence-electron chi connectivity index (χ3n) is 3.48. The van der Waals surface area contributed by atoms with Crippen molar-refractivity contribution in [1.29, 1.82) is 0 Å². The molecule has 0 saturated carbocycles. The maximum atomic E-state index is 12.3. The molecule has 8 heteroatoms. The molecule has 0 spiro atoms. The van der Waals surface area contributed by atoms with E-state index in [4.69, 9.17) is 9.88 Å². The molecule has 6 nitrogen and oxygen atoms in total. The van der Waals surface area contributed by atoms with Crippen LogP contribution in [0.25, 0.3) is 0 Å². The van der Waals surface area contributed by atoms with E-state index in [0.29, 0.717) is 23.2 Å². The molecular formula is C13H17BrN2O4S. The van der Waals surface area contributed by atoms with E-state index >= 15 is 0 Å². The smallest absolute Gasteiger partial charge is 0.238 e. The van der Waals surface area contributed by atoms with Gasteiger partial charge < -0.3 is 10.1 Å². The number of ether oxygens (including phenoxy) is 1. The van der Waals surface area contributed by atoms with Gasteiger partial charge in [-0.05, 0) is 47.0 Å². The highest BCUT2D eigenvalue weighted by Crippen LogP contribution is 2.28. The Labute approximate surface area is 132 Å². The van der Waals surface area contributed by atoms with Crippen LogP contribution in [0.15, 0.2) is 27.6 Å². The van der Waals surface area contributed by atoms with Crippen molar-refractivity contribution < 1.29 is 17.9 Å². The standard InChI is InChI=1S/C13H17BrN2O4S/c1-2-12-9(5-6-20-12)13(17)16-11-4-3-8(7-10(11)14)21(15,18)19/h3-4,7,9,12H,2,5-6H2,1H3,(H,16,17)(H2,15,18,19). The van der Waals surface area contributed by atoms with Gasteiger partial charge in [-0.15, -0.1) is 0 Å². The second-order valence-electron chi connectivity index (χ2n) is 4.89. The van der Waals surface area contributed by atoms with Crippen molar-refractivity contribution in [3.8, 4) is 0 Å². The predicted octanol–water partition coefficient (Wildman–Crippen LogP) is 1.85. The van der Waals surface area contributed by atoms with Crippen LogP contribution < -0.4 is 10.5 Å². The Hall–Kier alpha value is -0.960. The molecule has 0 aromatic heterocycles. The molecule has 1 heterocycles. The first-order valence-corrected chi connectivity index (χ1v) is 8.91. The molecule has 1 amide bonds. The molecule has 0 radical (unpaired) electrons. The second-order valence-corrected chi connectivity index (χ2v) is 7.30. The van der Waals surface area contributed by atoms with E-state index in [-0.39, 0.29) is 22.8 Å². The van der Waals surface area contributed by atoms with E-state index in [1.165, 1.54) is 18.2 Å². The predicted molar refractivity (Wildman–Crippen MR) is 82.3 cm³/mol. The van der Waals surface area contributed by atoms with Gasteiger partial charge in [-0.1, -0.05) is 6.92 Å². The molecule has 2 rings (SSSR count). The summed E-state index contributed by atoms with van der Waals surface area (Å²) in [6, 6.07) is 4.24. The summed E-state index contributed by atoms with van der Waals surface area (Å²) >= 11 is 3.24. The van der Waals surface area contributed by atoms with Crippen molar-refractivity contribution in [2.24, 2.45) is 11.1 Å². The molecule has 116 valence electrons. The third kappa shape index (κ3) is 3.82. The fourth-order valence-corrected chi connectivity index (χ4v) is 3.52. The molecule has 21 heavy (non-hydrogen) atoms. The van der Waals surface area contributed by atoms with E-state index in [0.717, 1.165) is 6.42 Å². The highest BCUT2D eigenvalue weighted by Gasteiger charge is 2.33. The summed E-state index contributed by atoms with van der Waals surface area (Å²) < 4.78 is 28.5. The topological polar surface area (TPSA) is 98.5 Å². The maximum absolute atomic E-state index is 12.3. The number of hydrogen-bond donors (Lipinski definition) is 2. The van der Waals surface area contributed by atoms with Gasteiger partial charge in [0, 0.05) is 11.1 Å². The number of benzene rings is 1. The fraction of sp³-hybridized carbons (Fsp3) is 0.462. The molecule has 1 aliphatic heterocycles. The molecule has 1 saturated heterocycles. The van der Waals surface area contributed by atoms with Gasteiger partial charge in [-0.2, -0.15) is 0 Å². The van der Waals surface area contributed by atoms with Gasteiger partial charge >= 0.3 is 0 Å². The maximum Gasteiger partial charge on any atom is 0.238 e. The summed E-state index contributed by atoms with van der Waals surface area (Å²) in [6.45, 7) is 2.56. The van der Waals surface area contributed by atoms with Crippen molar-refractivity contribution in [2.75, 3.05) is 11.9 Å². The zero-order chi connectivity index (χ0) is 15.6. The molecule has 0 aliphatic carbocycles. The third-order valence-corrected chi connectivity index (χ3v) is 5.04. The van der Waals surface area contributed by atoms with Crippen LogP contribution in [0.3, 0.4) is 0 Å². The van der Waals surface area contributed by atoms with Crippen LogP contribution in [0.1, 0.15) is 19.8 Å². The first-order chi connectivity index (χ1) is 9.82. The van der Waals surface area contributed by atoms with E-state index in [2.05, 4.69) is 21.2 Å². The van der Waals surface area contributed by atoms with Gasteiger partial charge in [0.2, 0.25) is 15.9 Å². The van der Waals surface area contributed by atoms with E-state index in [9.17, 15) is 13.2 Å². The molecule has 0 bridgehead atoms. The number of halogens is 1. The zero-order valence-corrected chi connectivity index (χ0v) is 13.9. The van der Waals surface area contributed by atoms with E-state index in [1.54, 1.807) is 0 Å². The lowest BCUT2D eigenvalue weighted by Crippen LogP contribution is -2.29. The Kier molecular flexibility index (Phi) is 5.03. The number of rotatable bonds is 4. The average Bonchev–Trinajstić information content (AvgIpc) is 2.88. The quantitative estimate of drug-likeness (QED) is 0.837. The molecular weight excluding hydrogens is 360 g/mol. The minimum absolute atomic E-state index is 0.0111. The van der Waals surface area contributed by atoms with Crippen LogP contribution in [0, 0.1) is 5.92 Å². The van der Waals surface area contributed by atoms with Crippen LogP contribution in [0.2, 0.25) is 0 Å². The van der Waals surface area contributed by atoms with Crippen molar-refractivity contribution in [3.63, 3.8) is 0 Å². The van der Waals surface area contributed by atoms with Crippen molar-refractivity contribution >= 4 is 37.5 Å². The monoisotopic (exact) mass is 376 g/mol. The van der Waals surface area contributed by atoms with E-state index in [1.807, 2.05) is 6.92 Å². The number of nitrogens with two attached hydrogens (primary N) is 1. The lowest BCUT2D eigenvalue weighted by atomic mass is 9.98. The molecule has 1 fully saturated rings. The van der Waals surface area contributed by atoms with Crippen molar-refractivity contribution in [1.82, 2.24) is 0 Å². The average molecular weight is 377 g/mol. The summed E-state index contributed by atoms with van der Waals surface area (Å²) in [6.07, 6.45) is 1.41. The molecule has 1 aromatic rings. The number of anilines is 1. The van der Waals surface area contributed by atoms with Crippen LogP contribution >= 0.6 is 15.9 Å². The van der Waals surface area contributed by atoms with Gasteiger partial charge in [0.05, 0.1) is 22.6 Å². The number of hydrogen-bond acceptors (Lipinski definition) is 4. The number of primary sulfonamides is 1. The highest BCUT2D eigenvalue weighted by molar-refractivity contribution is 9.10. The van der Waals surface area contributed by atoms with Crippen LogP contribution in [-0.4, -0.2) is 27.0 Å². The van der Waals surface area contributed by atoms with Crippen LogP contribution in [0.4, 0.5) is 5.69 Å². The molecule has 3 N–H and O–H groups in total. The number of amides is 1. The van der Waals surface area contributed by atoms with Gasteiger partial charge in [0.25, 0.3) is 0 Å². The largest absolute Gasteiger partial charge is 0.377 e. The molecule has 1 aromatic carbocycles. The normalized spacial score (nSPS) is 22.2. The van der Waals surface area contributed by atoms with Crippen molar-refractivity contribution in [2.45, 2.75) is 30.8 Å². The molecule has 2 unspecified atom stereocenters. The number of carbonyl (C=O) groups excluding carboxylic acids is 1. The van der Waals surface area contributed by atoms with E-state index < -0.39 is 10.0 Å². The fourth-order valence-electron chi connectivity index (χ4n) is 2.35. The van der Waals surface area contributed by atoms with Gasteiger partial charge in [-0.25, -0.2) is 13.6 Å². The van der Waals surface area contributed by atoms with Crippen LogP contribution in [-0.2, 0) is 19.6 Å².